The number of Topliss-reactive ketones (excluding diaryl/α,β-unsaturated/α-hetero) is 1. The Kier molecular flexibility index (Phi) is 4.58. The van der Waals surface area contributed by atoms with Gasteiger partial charge in [-0.2, -0.15) is 0 Å². The lowest BCUT2D eigenvalue weighted by atomic mass is 9.60. The van der Waals surface area contributed by atoms with Crippen LogP contribution in [-0.4, -0.2) is 16.9 Å². The Morgan fingerprint density at radius 1 is 1.25 bits per heavy atom. The SMILES string of the molecule is CCCC(=O)C1CCCCC1(C(=O)O)c1ccccc1. The van der Waals surface area contributed by atoms with E-state index in [2.05, 4.69) is 0 Å². The first-order valence-corrected chi connectivity index (χ1v) is 7.44. The van der Waals surface area contributed by atoms with Gasteiger partial charge < -0.3 is 5.11 Å². The van der Waals surface area contributed by atoms with Crippen molar-refractivity contribution < 1.29 is 14.7 Å². The molecule has 0 saturated heterocycles. The maximum atomic E-state index is 12.4. The summed E-state index contributed by atoms with van der Waals surface area (Å²) in [6, 6.07) is 9.30. The van der Waals surface area contributed by atoms with E-state index >= 15 is 0 Å². The molecule has 108 valence electrons. The minimum absolute atomic E-state index is 0.110. The van der Waals surface area contributed by atoms with Crippen molar-refractivity contribution in [3.8, 4) is 0 Å². The fraction of sp³-hybridized carbons (Fsp3) is 0.529. The summed E-state index contributed by atoms with van der Waals surface area (Å²) in [5.41, 5.74) is -0.243. The molecule has 0 bridgehead atoms. The molecule has 3 nitrogen and oxygen atoms in total. The molecule has 0 radical (unpaired) electrons. The topological polar surface area (TPSA) is 54.4 Å². The molecule has 0 aliphatic heterocycles. The number of carbonyl (C=O) groups is 2. The molecule has 2 atom stereocenters. The van der Waals surface area contributed by atoms with Gasteiger partial charge in [-0.1, -0.05) is 50.1 Å². The highest BCUT2D eigenvalue weighted by Crippen LogP contribution is 2.45. The molecule has 0 spiro atoms. The third-order valence-electron chi connectivity index (χ3n) is 4.46. The van der Waals surface area contributed by atoms with Gasteiger partial charge in [-0.05, 0) is 24.8 Å². The number of benzene rings is 1. The first-order chi connectivity index (χ1) is 9.63. The molecular weight excluding hydrogens is 252 g/mol. The molecule has 1 aliphatic carbocycles. The monoisotopic (exact) mass is 274 g/mol. The van der Waals surface area contributed by atoms with Crippen LogP contribution in [-0.2, 0) is 15.0 Å². The fourth-order valence-corrected chi connectivity index (χ4v) is 3.49. The zero-order valence-electron chi connectivity index (χ0n) is 12.0. The van der Waals surface area contributed by atoms with Crippen LogP contribution in [0.3, 0.4) is 0 Å². The standard InChI is InChI=1S/C17H22O3/c1-2-8-15(18)14-11-6-7-12-17(14,16(19)20)13-9-4-3-5-10-13/h3-5,9-10,14H,2,6-8,11-12H2,1H3,(H,19,20). The second kappa shape index (κ2) is 6.21. The number of hydrogen-bond donors (Lipinski definition) is 1. The molecular formula is C17H22O3. The Morgan fingerprint density at radius 2 is 1.95 bits per heavy atom. The Labute approximate surface area is 120 Å². The van der Waals surface area contributed by atoms with E-state index < -0.39 is 11.4 Å². The number of carboxylic acid groups (broad SMARTS) is 1. The molecule has 0 amide bonds. The number of carboxylic acids is 1. The summed E-state index contributed by atoms with van der Waals surface area (Å²) in [6.07, 6.45) is 4.33. The van der Waals surface area contributed by atoms with Crippen molar-refractivity contribution in [1.82, 2.24) is 0 Å². The van der Waals surface area contributed by atoms with Gasteiger partial charge in [-0.25, -0.2) is 0 Å². The Hall–Kier alpha value is -1.64. The lowest BCUT2D eigenvalue weighted by Gasteiger charge is -2.40. The van der Waals surface area contributed by atoms with E-state index in [9.17, 15) is 14.7 Å². The lowest BCUT2D eigenvalue weighted by Crippen LogP contribution is -2.48. The molecule has 1 fully saturated rings. The molecule has 1 aromatic rings. The highest BCUT2D eigenvalue weighted by Gasteiger charge is 2.51. The highest BCUT2D eigenvalue weighted by atomic mass is 16.4. The lowest BCUT2D eigenvalue weighted by molar-refractivity contribution is -0.151. The van der Waals surface area contributed by atoms with E-state index in [1.165, 1.54) is 0 Å². The molecule has 0 aromatic heterocycles. The minimum atomic E-state index is -1.02. The van der Waals surface area contributed by atoms with Crippen LogP contribution in [0, 0.1) is 5.92 Å². The molecule has 2 unspecified atom stereocenters. The molecule has 2 rings (SSSR count). The number of aliphatic carboxylic acids is 1. The van der Waals surface area contributed by atoms with E-state index in [-0.39, 0.29) is 11.7 Å². The van der Waals surface area contributed by atoms with E-state index in [1.54, 1.807) is 0 Å². The van der Waals surface area contributed by atoms with Crippen LogP contribution in [0.15, 0.2) is 30.3 Å². The van der Waals surface area contributed by atoms with Gasteiger partial charge >= 0.3 is 5.97 Å². The zero-order valence-corrected chi connectivity index (χ0v) is 12.0. The predicted molar refractivity (Wildman–Crippen MR) is 77.6 cm³/mol. The molecule has 1 saturated carbocycles. The summed E-state index contributed by atoms with van der Waals surface area (Å²) in [5, 5.41) is 9.88. The van der Waals surface area contributed by atoms with Crippen molar-refractivity contribution in [2.75, 3.05) is 0 Å². The van der Waals surface area contributed by atoms with Crippen LogP contribution in [0.4, 0.5) is 0 Å². The maximum absolute atomic E-state index is 12.4. The van der Waals surface area contributed by atoms with E-state index in [1.807, 2.05) is 37.3 Å². The summed E-state index contributed by atoms with van der Waals surface area (Å²) < 4.78 is 0. The molecule has 20 heavy (non-hydrogen) atoms. The van der Waals surface area contributed by atoms with Gasteiger partial charge in [-0.15, -0.1) is 0 Å². The Morgan fingerprint density at radius 3 is 2.55 bits per heavy atom. The normalized spacial score (nSPS) is 26.1. The van der Waals surface area contributed by atoms with Gasteiger partial charge in [0.25, 0.3) is 0 Å². The Bertz CT molecular complexity index is 480. The second-order valence-corrected chi connectivity index (χ2v) is 5.66. The summed E-state index contributed by atoms with van der Waals surface area (Å²) >= 11 is 0. The largest absolute Gasteiger partial charge is 0.481 e. The molecule has 1 aliphatic rings. The predicted octanol–water partition coefficient (Wildman–Crippen LogP) is 3.57. The van der Waals surface area contributed by atoms with Crippen molar-refractivity contribution in [2.24, 2.45) is 5.92 Å². The summed E-state index contributed by atoms with van der Waals surface area (Å²) in [6.45, 7) is 1.96. The van der Waals surface area contributed by atoms with Gasteiger partial charge in [-0.3, -0.25) is 9.59 Å². The van der Waals surface area contributed by atoms with Crippen molar-refractivity contribution in [2.45, 2.75) is 50.9 Å². The number of carbonyl (C=O) groups excluding carboxylic acids is 1. The fourth-order valence-electron chi connectivity index (χ4n) is 3.49. The average Bonchev–Trinajstić information content (AvgIpc) is 2.48. The van der Waals surface area contributed by atoms with Crippen LogP contribution < -0.4 is 0 Å². The molecule has 3 heteroatoms. The van der Waals surface area contributed by atoms with Crippen LogP contribution in [0.2, 0.25) is 0 Å². The van der Waals surface area contributed by atoms with E-state index in [4.69, 9.17) is 0 Å². The summed E-state index contributed by atoms with van der Waals surface area (Å²) in [7, 11) is 0. The number of rotatable bonds is 5. The third kappa shape index (κ3) is 2.49. The molecule has 1 aromatic carbocycles. The minimum Gasteiger partial charge on any atom is -0.481 e. The van der Waals surface area contributed by atoms with E-state index in [0.29, 0.717) is 19.3 Å². The van der Waals surface area contributed by atoms with Gasteiger partial charge in [0.05, 0.1) is 0 Å². The highest BCUT2D eigenvalue weighted by molar-refractivity contribution is 5.92. The first kappa shape index (κ1) is 14.8. The van der Waals surface area contributed by atoms with Crippen molar-refractivity contribution in [1.29, 1.82) is 0 Å². The molecule has 1 N–H and O–H groups in total. The zero-order chi connectivity index (χ0) is 14.6. The average molecular weight is 274 g/mol. The maximum Gasteiger partial charge on any atom is 0.314 e. The first-order valence-electron chi connectivity index (χ1n) is 7.44. The third-order valence-corrected chi connectivity index (χ3v) is 4.46. The van der Waals surface area contributed by atoms with Gasteiger partial charge in [0, 0.05) is 12.3 Å². The van der Waals surface area contributed by atoms with Crippen molar-refractivity contribution >= 4 is 11.8 Å². The summed E-state index contributed by atoms with van der Waals surface area (Å²) in [4.78, 5) is 24.5. The quantitative estimate of drug-likeness (QED) is 0.893. The van der Waals surface area contributed by atoms with Gasteiger partial charge in [0.15, 0.2) is 0 Å². The molecule has 0 heterocycles. The van der Waals surface area contributed by atoms with Crippen LogP contribution in [0.5, 0.6) is 0 Å². The van der Waals surface area contributed by atoms with Crippen molar-refractivity contribution in [3.63, 3.8) is 0 Å². The smallest absolute Gasteiger partial charge is 0.314 e. The second-order valence-electron chi connectivity index (χ2n) is 5.66. The van der Waals surface area contributed by atoms with E-state index in [0.717, 1.165) is 24.8 Å². The van der Waals surface area contributed by atoms with Gasteiger partial charge in [0.1, 0.15) is 11.2 Å². The number of hydrogen-bond acceptors (Lipinski definition) is 2. The summed E-state index contributed by atoms with van der Waals surface area (Å²) in [5.74, 6) is -1.12. The van der Waals surface area contributed by atoms with Crippen molar-refractivity contribution in [3.05, 3.63) is 35.9 Å². The Balaban J connectivity index is 2.47. The van der Waals surface area contributed by atoms with Crippen LogP contribution in [0.25, 0.3) is 0 Å². The van der Waals surface area contributed by atoms with Crippen LogP contribution >= 0.6 is 0 Å². The van der Waals surface area contributed by atoms with Gasteiger partial charge in [0.2, 0.25) is 0 Å². The number of ketones is 1. The van der Waals surface area contributed by atoms with Crippen LogP contribution in [0.1, 0.15) is 51.0 Å².